The molecule has 0 saturated heterocycles. The number of hydrogen-bond acceptors (Lipinski definition) is 1. The van der Waals surface area contributed by atoms with Crippen LogP contribution < -0.4 is 0 Å². The van der Waals surface area contributed by atoms with Gasteiger partial charge in [0.25, 0.3) is 0 Å². The molecular formula is C51H34N2. The Morgan fingerprint density at radius 3 is 1.68 bits per heavy atom. The molecule has 0 unspecified atom stereocenters. The lowest BCUT2D eigenvalue weighted by Gasteiger charge is -2.20. The van der Waals surface area contributed by atoms with Gasteiger partial charge in [0.05, 0.1) is 11.0 Å². The van der Waals surface area contributed by atoms with Gasteiger partial charge < -0.3 is 4.57 Å². The minimum absolute atomic E-state index is 1.06. The molecule has 1 aliphatic carbocycles. The number of nitrogens with zero attached hydrogens (tertiary/aromatic N) is 2. The van der Waals surface area contributed by atoms with Crippen LogP contribution in [0.15, 0.2) is 182 Å². The Balaban J connectivity index is 1.23. The Morgan fingerprint density at radius 2 is 1.00 bits per heavy atom. The van der Waals surface area contributed by atoms with Crippen LogP contribution in [0.3, 0.4) is 0 Å². The van der Waals surface area contributed by atoms with Gasteiger partial charge in [0.2, 0.25) is 0 Å². The van der Waals surface area contributed by atoms with Crippen molar-refractivity contribution in [3.05, 3.63) is 182 Å². The van der Waals surface area contributed by atoms with E-state index in [9.17, 15) is 0 Å². The lowest BCUT2D eigenvalue weighted by atomic mass is 9.83. The summed E-state index contributed by atoms with van der Waals surface area (Å²) in [5.41, 5.74) is 11.1. The predicted molar refractivity (Wildman–Crippen MR) is 226 cm³/mol. The fourth-order valence-electron chi connectivity index (χ4n) is 8.91. The average molecular weight is 675 g/mol. The Kier molecular flexibility index (Phi) is 6.72. The highest BCUT2D eigenvalue weighted by Crippen LogP contribution is 2.48. The van der Waals surface area contributed by atoms with Crippen molar-refractivity contribution in [2.45, 2.75) is 12.8 Å². The van der Waals surface area contributed by atoms with Crippen molar-refractivity contribution >= 4 is 70.6 Å². The number of hydrogen-bond donors (Lipinski definition) is 0. The lowest BCUT2D eigenvalue weighted by molar-refractivity contribution is 1.02. The van der Waals surface area contributed by atoms with E-state index in [1.165, 1.54) is 104 Å². The fraction of sp³-hybridized carbons (Fsp3) is 0.0392. The van der Waals surface area contributed by atoms with Gasteiger partial charge in [0.1, 0.15) is 0 Å². The summed E-state index contributed by atoms with van der Waals surface area (Å²) in [4.78, 5) is 4.57. The standard InChI is InChI=1S/C51H34N2/c1-2-16-37(17-3-1)53-48-27-25-36(30-45(48)47-32-52-29-28-49(47)53)35-24-26-44-46(31-35)51(41-23-11-15-34-13-5-7-19-39(34)41)43-21-9-8-20-42(43)50(44)40-22-10-14-33-12-4-6-18-38(33)40/h2,4-32H,1,3H2. The smallest absolute Gasteiger partial charge is 0.0571 e. The summed E-state index contributed by atoms with van der Waals surface area (Å²) < 4.78 is 2.40. The first-order valence-electron chi connectivity index (χ1n) is 18.5. The van der Waals surface area contributed by atoms with Gasteiger partial charge in [-0.2, -0.15) is 0 Å². The Hall–Kier alpha value is -6.77. The van der Waals surface area contributed by atoms with Crippen molar-refractivity contribution in [1.29, 1.82) is 0 Å². The molecule has 11 rings (SSSR count). The van der Waals surface area contributed by atoms with Gasteiger partial charge in [-0.05, 0) is 120 Å². The van der Waals surface area contributed by atoms with E-state index in [0.717, 1.165) is 12.8 Å². The SMILES string of the molecule is C1=CC(n2c3ccncc3c3cc(-c4ccc5c(-c6cccc7ccccc67)c6ccccc6c(-c6cccc7ccccc67)c5c4)ccc32)=CCC1. The zero-order valence-corrected chi connectivity index (χ0v) is 29.1. The van der Waals surface area contributed by atoms with Gasteiger partial charge in [0, 0.05) is 28.9 Å². The van der Waals surface area contributed by atoms with Crippen molar-refractivity contribution in [1.82, 2.24) is 9.55 Å². The van der Waals surface area contributed by atoms with E-state index in [0.29, 0.717) is 0 Å². The highest BCUT2D eigenvalue weighted by Gasteiger charge is 2.21. The average Bonchev–Trinajstić information content (AvgIpc) is 3.56. The van der Waals surface area contributed by atoms with Crippen LogP contribution in [0.25, 0.3) is 104 Å². The van der Waals surface area contributed by atoms with E-state index >= 15 is 0 Å². The molecule has 53 heavy (non-hydrogen) atoms. The summed E-state index contributed by atoms with van der Waals surface area (Å²) in [5, 5.41) is 12.4. The van der Waals surface area contributed by atoms with Gasteiger partial charge in [-0.25, -0.2) is 0 Å². The zero-order chi connectivity index (χ0) is 34.9. The van der Waals surface area contributed by atoms with E-state index in [2.05, 4.69) is 179 Å². The molecule has 0 spiro atoms. The maximum Gasteiger partial charge on any atom is 0.0571 e. The minimum Gasteiger partial charge on any atom is -0.309 e. The number of rotatable bonds is 4. The number of fused-ring (bicyclic) bond motifs is 7. The van der Waals surface area contributed by atoms with Crippen LogP contribution in [-0.2, 0) is 0 Å². The van der Waals surface area contributed by atoms with Crippen molar-refractivity contribution in [3.63, 3.8) is 0 Å². The van der Waals surface area contributed by atoms with Crippen LogP contribution in [0.1, 0.15) is 12.8 Å². The molecule has 0 aliphatic heterocycles. The van der Waals surface area contributed by atoms with E-state index in [1.807, 2.05) is 12.4 Å². The van der Waals surface area contributed by atoms with Crippen molar-refractivity contribution in [2.24, 2.45) is 0 Å². The minimum atomic E-state index is 1.06. The van der Waals surface area contributed by atoms with E-state index < -0.39 is 0 Å². The van der Waals surface area contributed by atoms with Gasteiger partial charge in [0.15, 0.2) is 0 Å². The summed E-state index contributed by atoms with van der Waals surface area (Å²) in [7, 11) is 0. The van der Waals surface area contributed by atoms with Crippen LogP contribution in [0.2, 0.25) is 0 Å². The number of aromatic nitrogens is 2. The predicted octanol–water partition coefficient (Wildman–Crippen LogP) is 14.0. The van der Waals surface area contributed by atoms with Crippen molar-refractivity contribution in [3.8, 4) is 33.4 Å². The first kappa shape index (κ1) is 29.9. The first-order valence-corrected chi connectivity index (χ1v) is 18.5. The highest BCUT2D eigenvalue weighted by atomic mass is 15.0. The third-order valence-electron chi connectivity index (χ3n) is 11.3. The topological polar surface area (TPSA) is 17.8 Å². The Labute approximate surface area is 307 Å². The lowest BCUT2D eigenvalue weighted by Crippen LogP contribution is -1.97. The summed E-state index contributed by atoms with van der Waals surface area (Å²) in [6.07, 6.45) is 13.0. The highest BCUT2D eigenvalue weighted by molar-refractivity contribution is 6.25. The van der Waals surface area contributed by atoms with Crippen molar-refractivity contribution < 1.29 is 0 Å². The fourth-order valence-corrected chi connectivity index (χ4v) is 8.91. The Bertz CT molecular complexity index is 3160. The number of allylic oxidation sites excluding steroid dienone is 4. The third kappa shape index (κ3) is 4.62. The molecular weight excluding hydrogens is 641 g/mol. The third-order valence-corrected chi connectivity index (χ3v) is 11.3. The second kappa shape index (κ2) is 11.9. The van der Waals surface area contributed by atoms with E-state index in [1.54, 1.807) is 0 Å². The second-order valence-electron chi connectivity index (χ2n) is 14.2. The summed E-state index contributed by atoms with van der Waals surface area (Å²) in [6, 6.07) is 56.2. The van der Waals surface area contributed by atoms with E-state index in [-0.39, 0.29) is 0 Å². The largest absolute Gasteiger partial charge is 0.309 e. The van der Waals surface area contributed by atoms with Crippen LogP contribution in [-0.4, -0.2) is 9.55 Å². The van der Waals surface area contributed by atoms with Crippen LogP contribution in [0.4, 0.5) is 0 Å². The second-order valence-corrected chi connectivity index (χ2v) is 14.2. The molecule has 2 heterocycles. The molecule has 2 aromatic heterocycles. The molecule has 8 aromatic carbocycles. The molecule has 0 amide bonds. The molecule has 0 radical (unpaired) electrons. The molecule has 0 bridgehead atoms. The molecule has 0 saturated carbocycles. The van der Waals surface area contributed by atoms with Gasteiger partial charge in [-0.1, -0.05) is 140 Å². The molecule has 10 aromatic rings. The molecule has 248 valence electrons. The number of benzene rings is 8. The summed E-state index contributed by atoms with van der Waals surface area (Å²) >= 11 is 0. The summed E-state index contributed by atoms with van der Waals surface area (Å²) in [6.45, 7) is 0. The van der Waals surface area contributed by atoms with Crippen LogP contribution in [0, 0.1) is 0 Å². The van der Waals surface area contributed by atoms with Gasteiger partial charge >= 0.3 is 0 Å². The molecule has 0 atom stereocenters. The maximum absolute atomic E-state index is 4.57. The van der Waals surface area contributed by atoms with Crippen LogP contribution in [0.5, 0.6) is 0 Å². The van der Waals surface area contributed by atoms with Gasteiger partial charge in [-0.3, -0.25) is 4.98 Å². The number of pyridine rings is 1. The quantitative estimate of drug-likeness (QED) is 0.170. The first-order chi connectivity index (χ1) is 26.3. The molecule has 1 aliphatic rings. The molecule has 0 N–H and O–H groups in total. The summed E-state index contributed by atoms with van der Waals surface area (Å²) in [5.74, 6) is 0. The monoisotopic (exact) mass is 674 g/mol. The normalized spacial score (nSPS) is 13.2. The molecule has 0 fully saturated rings. The molecule has 2 nitrogen and oxygen atoms in total. The van der Waals surface area contributed by atoms with Crippen LogP contribution >= 0.6 is 0 Å². The maximum atomic E-state index is 4.57. The van der Waals surface area contributed by atoms with E-state index in [4.69, 9.17) is 0 Å². The van der Waals surface area contributed by atoms with Gasteiger partial charge in [-0.15, -0.1) is 0 Å². The Morgan fingerprint density at radius 1 is 0.434 bits per heavy atom. The zero-order valence-electron chi connectivity index (χ0n) is 29.1. The molecule has 2 heteroatoms. The van der Waals surface area contributed by atoms with Crippen molar-refractivity contribution in [2.75, 3.05) is 0 Å².